The molecule has 0 radical (unpaired) electrons. The van der Waals surface area contributed by atoms with Gasteiger partial charge in [-0.1, -0.05) is 0 Å². The Bertz CT molecular complexity index is 1360. The Hall–Kier alpha value is -1.58. The van der Waals surface area contributed by atoms with E-state index < -0.39 is 26.5 Å². The van der Waals surface area contributed by atoms with E-state index in [1.165, 1.54) is 43.2 Å². The van der Waals surface area contributed by atoms with Crippen LogP contribution in [0.4, 0.5) is 0 Å². The van der Waals surface area contributed by atoms with Gasteiger partial charge in [0.25, 0.3) is 0 Å². The first-order valence-electron chi connectivity index (χ1n) is 11.9. The molecule has 1 aliphatic heterocycles. The second kappa shape index (κ2) is 7.46. The number of benzene rings is 3. The van der Waals surface area contributed by atoms with Gasteiger partial charge in [0.2, 0.25) is 0 Å². The van der Waals surface area contributed by atoms with E-state index in [0.29, 0.717) is 0 Å². The monoisotopic (exact) mass is 545 g/mol. The molecule has 0 N–H and O–H groups in total. The van der Waals surface area contributed by atoms with Gasteiger partial charge < -0.3 is 0 Å². The molecule has 32 heavy (non-hydrogen) atoms. The van der Waals surface area contributed by atoms with E-state index in [1.54, 1.807) is 8.79 Å². The Labute approximate surface area is 198 Å². The zero-order chi connectivity index (χ0) is 22.9. The maximum absolute atomic E-state index is 4.98. The molecule has 0 fully saturated rings. The van der Waals surface area contributed by atoms with Crippen molar-refractivity contribution in [3.63, 3.8) is 0 Å². The summed E-state index contributed by atoms with van der Waals surface area (Å²) in [5, 5.41) is 8.38. The van der Waals surface area contributed by atoms with E-state index in [9.17, 15) is 0 Å². The topological polar surface area (TPSA) is 12.9 Å². The van der Waals surface area contributed by atoms with Crippen molar-refractivity contribution in [2.75, 3.05) is 0 Å². The Kier molecular flexibility index (Phi) is 5.18. The van der Waals surface area contributed by atoms with Crippen LogP contribution in [0.25, 0.3) is 32.8 Å². The fourth-order valence-corrected chi connectivity index (χ4v) is 35.9. The fraction of sp³-hybridized carbons (Fsp3) is 0.345. The average Bonchev–Trinajstić information content (AvgIpc) is 2.74. The van der Waals surface area contributed by atoms with Crippen molar-refractivity contribution in [1.29, 1.82) is 0 Å². The zero-order valence-electron chi connectivity index (χ0n) is 20.6. The van der Waals surface area contributed by atoms with Crippen LogP contribution in [0.1, 0.15) is 26.3 Å². The Balaban J connectivity index is 1.82. The van der Waals surface area contributed by atoms with Crippen LogP contribution < -0.4 is 8.79 Å². The third-order valence-corrected chi connectivity index (χ3v) is 25.1. The molecule has 0 spiro atoms. The number of rotatable bonds is 1. The molecule has 0 saturated carbocycles. The number of aromatic nitrogens is 1. The summed E-state index contributed by atoms with van der Waals surface area (Å²) in [5.41, 5.74) is 3.88. The molecule has 4 aromatic rings. The first-order valence-corrected chi connectivity index (χ1v) is 25.4. The molecular formula is C29H35Ge2N. The van der Waals surface area contributed by atoms with Gasteiger partial charge in [0.1, 0.15) is 0 Å². The molecule has 0 amide bonds. The van der Waals surface area contributed by atoms with Crippen LogP contribution >= 0.6 is 0 Å². The standard InChI is InChI=1S/C29H35Ge2N/c1-29(2,3)25-17-22(16-20-10-8-9-11-23(20)25)28-24-19-27-26(18-21(24)12-15-32-28)30(4,5)13-14-31(27,6)7/h8-12,15-19H,13-14H2,1-7H3. The second-order valence-corrected chi connectivity index (χ2v) is 32.2. The van der Waals surface area contributed by atoms with Gasteiger partial charge in [0.15, 0.2) is 0 Å². The number of nitrogens with zero attached hydrogens (tertiary/aromatic N) is 1. The summed E-state index contributed by atoms with van der Waals surface area (Å²) >= 11 is -3.90. The summed E-state index contributed by atoms with van der Waals surface area (Å²) in [5.74, 6) is 10.5. The fourth-order valence-electron chi connectivity index (χ4n) is 5.53. The van der Waals surface area contributed by atoms with Crippen LogP contribution in [-0.4, -0.2) is 31.5 Å². The van der Waals surface area contributed by atoms with E-state index in [-0.39, 0.29) is 5.41 Å². The molecule has 1 nitrogen and oxygen atoms in total. The van der Waals surface area contributed by atoms with Gasteiger partial charge in [-0.05, 0) is 0 Å². The summed E-state index contributed by atoms with van der Waals surface area (Å²) in [7, 11) is 0. The molecule has 1 aromatic heterocycles. The molecule has 0 atom stereocenters. The second-order valence-electron chi connectivity index (χ2n) is 12.0. The molecule has 0 aliphatic carbocycles. The van der Waals surface area contributed by atoms with Crippen LogP contribution in [0.3, 0.4) is 0 Å². The number of pyridine rings is 1. The number of fused-ring (bicyclic) bond motifs is 3. The van der Waals surface area contributed by atoms with E-state index in [0.717, 1.165) is 5.69 Å². The predicted octanol–water partition coefficient (Wildman–Crippen LogP) is 7.20. The Morgan fingerprint density at radius 2 is 1.34 bits per heavy atom. The SMILES string of the molecule is CC(C)(C)c1cc(-c2nccc3c[c]4[c](cc23)[Ge]([CH3])([CH3])[CH2][CH2][Ge]4([CH3])[CH3])cc2ccccc12. The van der Waals surface area contributed by atoms with Gasteiger partial charge in [0.05, 0.1) is 0 Å². The van der Waals surface area contributed by atoms with Crippen molar-refractivity contribution in [3.8, 4) is 11.3 Å². The Morgan fingerprint density at radius 3 is 2.03 bits per heavy atom. The number of hydrogen-bond donors (Lipinski definition) is 0. The molecule has 164 valence electrons. The summed E-state index contributed by atoms with van der Waals surface area (Å²) in [6, 6.07) is 21.0. The van der Waals surface area contributed by atoms with Crippen molar-refractivity contribution >= 4 is 56.9 Å². The third kappa shape index (κ3) is 3.66. The van der Waals surface area contributed by atoms with E-state index in [4.69, 9.17) is 4.98 Å². The Morgan fingerprint density at radius 1 is 0.719 bits per heavy atom. The van der Waals surface area contributed by atoms with Crippen molar-refractivity contribution in [1.82, 2.24) is 4.98 Å². The van der Waals surface area contributed by atoms with Crippen LogP contribution in [0.15, 0.2) is 60.8 Å². The average molecular weight is 543 g/mol. The summed E-state index contributed by atoms with van der Waals surface area (Å²) in [4.78, 5) is 4.98. The van der Waals surface area contributed by atoms with Crippen molar-refractivity contribution in [3.05, 3.63) is 66.4 Å². The molecule has 5 rings (SSSR count). The van der Waals surface area contributed by atoms with Crippen LogP contribution in [0.5, 0.6) is 0 Å². The maximum atomic E-state index is 4.98. The minimum absolute atomic E-state index is 0.0776. The van der Waals surface area contributed by atoms with E-state index in [2.05, 4.69) is 98.4 Å². The van der Waals surface area contributed by atoms with E-state index in [1.807, 2.05) is 6.20 Å². The van der Waals surface area contributed by atoms with Gasteiger partial charge in [0, 0.05) is 0 Å². The molecule has 0 bridgehead atoms. The molecule has 3 heteroatoms. The van der Waals surface area contributed by atoms with Gasteiger partial charge in [-0.15, -0.1) is 0 Å². The molecule has 1 aliphatic rings. The minimum atomic E-state index is -1.98. The van der Waals surface area contributed by atoms with E-state index >= 15 is 0 Å². The van der Waals surface area contributed by atoms with Crippen LogP contribution in [0.2, 0.25) is 33.5 Å². The zero-order valence-corrected chi connectivity index (χ0v) is 24.8. The van der Waals surface area contributed by atoms with Crippen molar-refractivity contribution < 1.29 is 0 Å². The number of hydrogen-bond acceptors (Lipinski definition) is 1. The molecule has 2 heterocycles. The van der Waals surface area contributed by atoms with Crippen molar-refractivity contribution in [2.24, 2.45) is 0 Å². The summed E-state index contributed by atoms with van der Waals surface area (Å²) in [6.45, 7) is 6.95. The molecule has 3 aromatic carbocycles. The molecular weight excluding hydrogens is 508 g/mol. The first kappa shape index (κ1) is 22.2. The summed E-state index contributed by atoms with van der Waals surface area (Å²) in [6.07, 6.45) is 2.02. The van der Waals surface area contributed by atoms with Gasteiger partial charge in [-0.25, -0.2) is 0 Å². The predicted molar refractivity (Wildman–Crippen MR) is 147 cm³/mol. The van der Waals surface area contributed by atoms with Crippen LogP contribution in [0, 0.1) is 0 Å². The third-order valence-electron chi connectivity index (χ3n) is 7.68. The summed E-state index contributed by atoms with van der Waals surface area (Å²) < 4.78 is 3.54. The van der Waals surface area contributed by atoms with Gasteiger partial charge in [-0.2, -0.15) is 0 Å². The van der Waals surface area contributed by atoms with Crippen molar-refractivity contribution in [2.45, 2.75) is 59.7 Å². The molecule has 0 unspecified atom stereocenters. The first-order chi connectivity index (χ1) is 15.0. The van der Waals surface area contributed by atoms with Gasteiger partial charge in [-0.3, -0.25) is 0 Å². The normalized spacial score (nSPS) is 17.5. The quantitative estimate of drug-likeness (QED) is 0.232. The molecule has 0 saturated heterocycles. The van der Waals surface area contributed by atoms with Crippen LogP contribution in [-0.2, 0) is 5.41 Å². The van der Waals surface area contributed by atoms with Gasteiger partial charge >= 0.3 is 199 Å².